The van der Waals surface area contributed by atoms with Gasteiger partial charge in [-0.25, -0.2) is 15.0 Å². The molecule has 0 fully saturated rings. The Morgan fingerprint density at radius 2 is 0.957 bits per heavy atom. The molecular weight excluding hydrogens is 578 g/mol. The summed E-state index contributed by atoms with van der Waals surface area (Å²) in [4.78, 5) is 15.1. The van der Waals surface area contributed by atoms with Crippen LogP contribution in [0.15, 0.2) is 140 Å². The first kappa shape index (κ1) is 27.3. The third-order valence-electron chi connectivity index (χ3n) is 9.23. The van der Waals surface area contributed by atoms with Gasteiger partial charge in [0.25, 0.3) is 0 Å². The van der Waals surface area contributed by atoms with Crippen molar-refractivity contribution in [3.8, 4) is 79.4 Å². The van der Waals surface area contributed by atoms with E-state index in [1.165, 1.54) is 16.7 Å². The van der Waals surface area contributed by atoms with E-state index in [-0.39, 0.29) is 5.41 Å². The van der Waals surface area contributed by atoms with Crippen molar-refractivity contribution in [2.75, 3.05) is 0 Å². The van der Waals surface area contributed by atoms with Crippen molar-refractivity contribution in [2.45, 2.75) is 19.3 Å². The highest BCUT2D eigenvalue weighted by Gasteiger charge is 2.40. The Morgan fingerprint density at radius 1 is 0.404 bits per heavy atom. The van der Waals surface area contributed by atoms with Crippen LogP contribution in [0.25, 0.3) is 56.4 Å². The predicted octanol–water partition coefficient (Wildman–Crippen LogP) is 10.7. The van der Waals surface area contributed by atoms with Crippen LogP contribution in [-0.4, -0.2) is 15.0 Å². The summed E-state index contributed by atoms with van der Waals surface area (Å²) in [5.41, 5.74) is 9.33. The highest BCUT2D eigenvalue weighted by molar-refractivity contribution is 5.89. The van der Waals surface area contributed by atoms with Gasteiger partial charge in [-0.05, 0) is 46.0 Å². The van der Waals surface area contributed by atoms with Crippen molar-refractivity contribution in [1.29, 1.82) is 0 Å². The van der Waals surface area contributed by atoms with Gasteiger partial charge in [0.05, 0.1) is 5.56 Å². The topological polar surface area (TPSA) is 57.1 Å². The summed E-state index contributed by atoms with van der Waals surface area (Å²) < 4.78 is 13.5. The molecule has 5 heteroatoms. The van der Waals surface area contributed by atoms with E-state index in [1.807, 2.05) is 84.9 Å². The molecule has 6 aromatic carbocycles. The second-order valence-corrected chi connectivity index (χ2v) is 12.4. The number of para-hydroxylation sites is 1. The van der Waals surface area contributed by atoms with E-state index in [1.54, 1.807) is 0 Å². The molecule has 0 radical (unpaired) electrons. The molecule has 0 unspecified atom stereocenters. The molecule has 0 atom stereocenters. The number of benzene rings is 6. The Labute approximate surface area is 273 Å². The predicted molar refractivity (Wildman–Crippen MR) is 186 cm³/mol. The van der Waals surface area contributed by atoms with E-state index in [2.05, 4.69) is 68.4 Å². The fourth-order valence-corrected chi connectivity index (χ4v) is 6.90. The number of hydrogen-bond acceptors (Lipinski definition) is 5. The number of nitrogens with zero attached hydrogens (tertiary/aromatic N) is 3. The molecule has 0 saturated heterocycles. The lowest BCUT2D eigenvalue weighted by atomic mass is 9.82. The van der Waals surface area contributed by atoms with Gasteiger partial charge < -0.3 is 9.47 Å². The smallest absolute Gasteiger partial charge is 0.181 e. The molecule has 2 aliphatic rings. The molecule has 5 nitrogen and oxygen atoms in total. The highest BCUT2D eigenvalue weighted by atomic mass is 16.6. The first-order chi connectivity index (χ1) is 23.1. The van der Waals surface area contributed by atoms with Gasteiger partial charge in [-0.2, -0.15) is 0 Å². The van der Waals surface area contributed by atoms with Crippen LogP contribution in [0.1, 0.15) is 25.0 Å². The Kier molecular flexibility index (Phi) is 6.09. The molecule has 224 valence electrons. The number of rotatable bonds is 4. The van der Waals surface area contributed by atoms with Crippen LogP contribution in [0.2, 0.25) is 0 Å². The van der Waals surface area contributed by atoms with Crippen LogP contribution in [0.5, 0.6) is 23.0 Å². The molecular formula is C42H29N3O2. The molecule has 9 rings (SSSR count). The summed E-state index contributed by atoms with van der Waals surface area (Å²) in [6.45, 7) is 4.52. The summed E-state index contributed by atoms with van der Waals surface area (Å²) in [6, 6.07) is 47.2. The molecule has 7 aromatic rings. The molecule has 2 heterocycles. The zero-order valence-electron chi connectivity index (χ0n) is 25.9. The van der Waals surface area contributed by atoms with Crippen LogP contribution >= 0.6 is 0 Å². The van der Waals surface area contributed by atoms with Crippen molar-refractivity contribution in [3.63, 3.8) is 0 Å². The first-order valence-corrected chi connectivity index (χ1v) is 15.8. The van der Waals surface area contributed by atoms with E-state index in [4.69, 9.17) is 24.4 Å². The zero-order valence-corrected chi connectivity index (χ0v) is 25.9. The summed E-state index contributed by atoms with van der Waals surface area (Å²) in [6.07, 6.45) is 0. The Hall–Kier alpha value is -6.07. The maximum absolute atomic E-state index is 6.74. The summed E-state index contributed by atoms with van der Waals surface area (Å²) in [7, 11) is 0. The SMILES string of the molecule is CC1(C)c2ccccc2-c2c1ccc1c2Oc2cccc(-c3nc(-c4ccccc4)nc(-c4ccccc4-c4ccccc4)n3)c2O1. The van der Waals surface area contributed by atoms with Crippen molar-refractivity contribution in [3.05, 3.63) is 151 Å². The van der Waals surface area contributed by atoms with Gasteiger partial charge in [0.2, 0.25) is 0 Å². The van der Waals surface area contributed by atoms with E-state index in [0.29, 0.717) is 34.7 Å². The minimum atomic E-state index is -0.141. The van der Waals surface area contributed by atoms with E-state index in [0.717, 1.165) is 39.1 Å². The van der Waals surface area contributed by atoms with Gasteiger partial charge in [0, 0.05) is 22.1 Å². The minimum absolute atomic E-state index is 0.141. The van der Waals surface area contributed by atoms with Gasteiger partial charge in [-0.15, -0.1) is 0 Å². The summed E-state index contributed by atoms with van der Waals surface area (Å²) in [5.74, 6) is 4.29. The molecule has 0 bridgehead atoms. The minimum Gasteiger partial charge on any atom is -0.449 e. The van der Waals surface area contributed by atoms with Gasteiger partial charge in [-0.1, -0.05) is 135 Å². The Morgan fingerprint density at radius 3 is 1.72 bits per heavy atom. The molecule has 0 N–H and O–H groups in total. The zero-order chi connectivity index (χ0) is 31.5. The molecule has 1 aliphatic carbocycles. The third kappa shape index (κ3) is 4.35. The van der Waals surface area contributed by atoms with Gasteiger partial charge >= 0.3 is 0 Å². The van der Waals surface area contributed by atoms with Crippen LogP contribution < -0.4 is 9.47 Å². The fraction of sp³-hybridized carbons (Fsp3) is 0.0714. The van der Waals surface area contributed by atoms with Crippen LogP contribution in [-0.2, 0) is 5.41 Å². The maximum Gasteiger partial charge on any atom is 0.181 e. The molecule has 0 amide bonds. The van der Waals surface area contributed by atoms with E-state index >= 15 is 0 Å². The lowest BCUT2D eigenvalue weighted by Gasteiger charge is -2.26. The lowest BCUT2D eigenvalue weighted by molar-refractivity contribution is 0.361. The highest BCUT2D eigenvalue weighted by Crippen LogP contribution is 2.59. The average molecular weight is 608 g/mol. The molecule has 1 aromatic heterocycles. The number of aromatic nitrogens is 3. The first-order valence-electron chi connectivity index (χ1n) is 15.8. The lowest BCUT2D eigenvalue weighted by Crippen LogP contribution is -2.15. The molecule has 0 spiro atoms. The Bertz CT molecular complexity index is 2330. The van der Waals surface area contributed by atoms with Gasteiger partial charge in [-0.3, -0.25) is 0 Å². The fourth-order valence-electron chi connectivity index (χ4n) is 6.90. The van der Waals surface area contributed by atoms with Crippen LogP contribution in [0.3, 0.4) is 0 Å². The summed E-state index contributed by atoms with van der Waals surface area (Å²) in [5, 5.41) is 0. The van der Waals surface area contributed by atoms with Crippen molar-refractivity contribution >= 4 is 0 Å². The normalized spacial score (nSPS) is 13.4. The standard InChI is InChI=1S/C42H29N3O2/c1-42(2)32-22-12-11-20-30(32)36-33(42)24-25-35-38(36)47-34-23-13-21-31(37(34)46-35)41-44-39(27-16-7-4-8-17-27)43-40(45-41)29-19-10-9-18-28(29)26-14-5-3-6-15-26/h3-25H,1-2H3. The van der Waals surface area contributed by atoms with Gasteiger partial charge in [0.15, 0.2) is 40.5 Å². The van der Waals surface area contributed by atoms with Crippen LogP contribution in [0.4, 0.5) is 0 Å². The Balaban J connectivity index is 1.21. The average Bonchev–Trinajstić information content (AvgIpc) is 3.37. The molecule has 47 heavy (non-hydrogen) atoms. The van der Waals surface area contributed by atoms with E-state index in [9.17, 15) is 0 Å². The largest absolute Gasteiger partial charge is 0.449 e. The number of hydrogen-bond donors (Lipinski definition) is 0. The van der Waals surface area contributed by atoms with Crippen molar-refractivity contribution in [1.82, 2.24) is 15.0 Å². The second kappa shape index (κ2) is 10.5. The van der Waals surface area contributed by atoms with E-state index < -0.39 is 0 Å². The quantitative estimate of drug-likeness (QED) is 0.199. The molecule has 0 saturated carbocycles. The number of fused-ring (bicyclic) bond motifs is 6. The second-order valence-electron chi connectivity index (χ2n) is 12.4. The van der Waals surface area contributed by atoms with Crippen molar-refractivity contribution in [2.24, 2.45) is 0 Å². The number of ether oxygens (including phenoxy) is 2. The van der Waals surface area contributed by atoms with Gasteiger partial charge in [0.1, 0.15) is 0 Å². The summed E-state index contributed by atoms with van der Waals surface area (Å²) >= 11 is 0. The molecule has 1 aliphatic heterocycles. The van der Waals surface area contributed by atoms with Crippen molar-refractivity contribution < 1.29 is 9.47 Å². The van der Waals surface area contributed by atoms with Crippen LogP contribution in [0, 0.1) is 0 Å². The maximum atomic E-state index is 6.74. The third-order valence-corrected chi connectivity index (χ3v) is 9.23. The monoisotopic (exact) mass is 607 g/mol.